The van der Waals surface area contributed by atoms with Crippen molar-refractivity contribution in [3.05, 3.63) is 0 Å². The lowest BCUT2D eigenvalue weighted by atomic mass is 9.91. The molecule has 0 aromatic rings. The minimum absolute atomic E-state index is 0.815. The van der Waals surface area contributed by atoms with Gasteiger partial charge in [0, 0.05) is 11.9 Å². The van der Waals surface area contributed by atoms with Crippen molar-refractivity contribution in [3.63, 3.8) is 0 Å². The fraction of sp³-hybridized carbons (Fsp3) is 1.00. The van der Waals surface area contributed by atoms with E-state index in [4.69, 9.17) is 11.6 Å². The Hall–Kier alpha value is 0.210. The SMILES string of the molecule is ClCCCN(CCCN1CCCC1)C1CCC1. The fourth-order valence-electron chi connectivity index (χ4n) is 3.00. The maximum absolute atomic E-state index is 5.81. The van der Waals surface area contributed by atoms with Crippen LogP contribution in [-0.2, 0) is 0 Å². The molecule has 0 bridgehead atoms. The van der Waals surface area contributed by atoms with Crippen molar-refractivity contribution < 1.29 is 0 Å². The molecule has 0 N–H and O–H groups in total. The Morgan fingerprint density at radius 2 is 1.71 bits per heavy atom. The highest BCUT2D eigenvalue weighted by Crippen LogP contribution is 2.25. The van der Waals surface area contributed by atoms with Gasteiger partial charge in [-0.05, 0) is 71.2 Å². The maximum Gasteiger partial charge on any atom is 0.0235 e. The molecule has 100 valence electrons. The summed E-state index contributed by atoms with van der Waals surface area (Å²) in [5.74, 6) is 0.815. The number of halogens is 1. The monoisotopic (exact) mass is 258 g/mol. The summed E-state index contributed by atoms with van der Waals surface area (Å²) in [5.41, 5.74) is 0. The van der Waals surface area contributed by atoms with Crippen LogP contribution in [-0.4, -0.2) is 54.4 Å². The molecule has 0 aromatic heterocycles. The molecule has 17 heavy (non-hydrogen) atoms. The van der Waals surface area contributed by atoms with E-state index < -0.39 is 0 Å². The molecule has 2 nitrogen and oxygen atoms in total. The van der Waals surface area contributed by atoms with E-state index in [1.165, 1.54) is 71.2 Å². The van der Waals surface area contributed by atoms with Crippen molar-refractivity contribution >= 4 is 11.6 Å². The summed E-state index contributed by atoms with van der Waals surface area (Å²) in [7, 11) is 0. The van der Waals surface area contributed by atoms with Crippen molar-refractivity contribution in [2.24, 2.45) is 0 Å². The lowest BCUT2D eigenvalue weighted by Crippen LogP contribution is -2.42. The van der Waals surface area contributed by atoms with E-state index in [9.17, 15) is 0 Å². The molecular weight excluding hydrogens is 232 g/mol. The number of likely N-dealkylation sites (tertiary alicyclic amines) is 1. The minimum Gasteiger partial charge on any atom is -0.303 e. The lowest BCUT2D eigenvalue weighted by molar-refractivity contribution is 0.121. The van der Waals surface area contributed by atoms with E-state index in [1.54, 1.807) is 0 Å². The Morgan fingerprint density at radius 1 is 1.00 bits per heavy atom. The van der Waals surface area contributed by atoms with Crippen molar-refractivity contribution in [1.82, 2.24) is 9.80 Å². The van der Waals surface area contributed by atoms with Gasteiger partial charge in [0.2, 0.25) is 0 Å². The van der Waals surface area contributed by atoms with Crippen LogP contribution in [0.15, 0.2) is 0 Å². The first kappa shape index (κ1) is 13.6. The molecule has 2 rings (SSSR count). The average molecular weight is 259 g/mol. The van der Waals surface area contributed by atoms with Crippen LogP contribution in [0, 0.1) is 0 Å². The van der Waals surface area contributed by atoms with E-state index in [-0.39, 0.29) is 0 Å². The number of hydrogen-bond donors (Lipinski definition) is 0. The van der Waals surface area contributed by atoms with E-state index in [2.05, 4.69) is 9.80 Å². The molecule has 1 aliphatic heterocycles. The largest absolute Gasteiger partial charge is 0.303 e. The molecule has 2 aliphatic rings. The van der Waals surface area contributed by atoms with Gasteiger partial charge < -0.3 is 9.80 Å². The molecule has 3 heteroatoms. The van der Waals surface area contributed by atoms with Gasteiger partial charge in [0.05, 0.1) is 0 Å². The van der Waals surface area contributed by atoms with Crippen LogP contribution >= 0.6 is 11.6 Å². The third-order valence-electron chi connectivity index (χ3n) is 4.29. The zero-order valence-electron chi connectivity index (χ0n) is 11.0. The van der Waals surface area contributed by atoms with Gasteiger partial charge in [-0.2, -0.15) is 0 Å². The van der Waals surface area contributed by atoms with Crippen LogP contribution in [0.25, 0.3) is 0 Å². The summed E-state index contributed by atoms with van der Waals surface area (Å²) in [6, 6.07) is 0.886. The summed E-state index contributed by atoms with van der Waals surface area (Å²) >= 11 is 5.81. The molecule has 1 saturated heterocycles. The molecule has 0 aromatic carbocycles. The summed E-state index contributed by atoms with van der Waals surface area (Å²) in [4.78, 5) is 5.32. The normalized spacial score (nSPS) is 22.2. The van der Waals surface area contributed by atoms with E-state index >= 15 is 0 Å². The van der Waals surface area contributed by atoms with Gasteiger partial charge in [-0.1, -0.05) is 6.42 Å². The van der Waals surface area contributed by atoms with Crippen molar-refractivity contribution in [2.45, 2.75) is 51.0 Å². The maximum atomic E-state index is 5.81. The number of hydrogen-bond acceptors (Lipinski definition) is 2. The first-order valence-electron chi connectivity index (χ1n) is 7.42. The van der Waals surface area contributed by atoms with Crippen molar-refractivity contribution in [1.29, 1.82) is 0 Å². The molecule has 0 amide bonds. The first-order chi connectivity index (χ1) is 8.40. The summed E-state index contributed by atoms with van der Waals surface area (Å²) in [5, 5.41) is 0. The van der Waals surface area contributed by atoms with Gasteiger partial charge in [0.15, 0.2) is 0 Å². The second kappa shape index (κ2) is 7.60. The highest BCUT2D eigenvalue weighted by Gasteiger charge is 2.24. The van der Waals surface area contributed by atoms with Crippen LogP contribution in [0.3, 0.4) is 0 Å². The van der Waals surface area contributed by atoms with Crippen LogP contribution in [0.5, 0.6) is 0 Å². The minimum atomic E-state index is 0.815. The Kier molecular flexibility index (Phi) is 6.10. The van der Waals surface area contributed by atoms with Gasteiger partial charge in [-0.3, -0.25) is 0 Å². The second-order valence-corrected chi connectivity index (χ2v) is 5.94. The van der Waals surface area contributed by atoms with Gasteiger partial charge >= 0.3 is 0 Å². The van der Waals surface area contributed by atoms with Crippen LogP contribution in [0.2, 0.25) is 0 Å². The predicted molar refractivity (Wildman–Crippen MR) is 74.8 cm³/mol. The van der Waals surface area contributed by atoms with Gasteiger partial charge in [0.25, 0.3) is 0 Å². The van der Waals surface area contributed by atoms with E-state index in [0.29, 0.717) is 0 Å². The van der Waals surface area contributed by atoms with Crippen LogP contribution in [0.4, 0.5) is 0 Å². The molecule has 1 heterocycles. The molecule has 0 spiro atoms. The average Bonchev–Trinajstić information content (AvgIpc) is 2.76. The Labute approximate surface area is 111 Å². The fourth-order valence-corrected chi connectivity index (χ4v) is 3.11. The van der Waals surface area contributed by atoms with Gasteiger partial charge in [0.1, 0.15) is 0 Å². The summed E-state index contributed by atoms with van der Waals surface area (Å²) < 4.78 is 0. The highest BCUT2D eigenvalue weighted by molar-refractivity contribution is 6.17. The topological polar surface area (TPSA) is 6.48 Å². The number of alkyl halides is 1. The molecule has 1 saturated carbocycles. The number of nitrogens with zero attached hydrogens (tertiary/aromatic N) is 2. The molecule has 0 atom stereocenters. The van der Waals surface area contributed by atoms with Gasteiger partial charge in [-0.25, -0.2) is 0 Å². The zero-order valence-corrected chi connectivity index (χ0v) is 11.8. The highest BCUT2D eigenvalue weighted by atomic mass is 35.5. The molecule has 2 fully saturated rings. The van der Waals surface area contributed by atoms with Crippen molar-refractivity contribution in [2.75, 3.05) is 38.6 Å². The number of rotatable bonds is 8. The van der Waals surface area contributed by atoms with Gasteiger partial charge in [-0.15, -0.1) is 11.6 Å². The van der Waals surface area contributed by atoms with Crippen molar-refractivity contribution in [3.8, 4) is 0 Å². The van der Waals surface area contributed by atoms with E-state index in [0.717, 1.165) is 18.3 Å². The zero-order chi connectivity index (χ0) is 11.9. The molecule has 1 aliphatic carbocycles. The Balaban J connectivity index is 1.61. The standard InChI is InChI=1S/C14H27ClN2/c15-8-4-12-17(14-6-3-7-14)13-5-11-16-9-1-2-10-16/h14H,1-13H2. The molecule has 0 unspecified atom stereocenters. The Morgan fingerprint density at radius 3 is 2.29 bits per heavy atom. The van der Waals surface area contributed by atoms with Crippen LogP contribution in [0.1, 0.15) is 44.9 Å². The molecular formula is C14H27ClN2. The molecule has 0 radical (unpaired) electrons. The van der Waals surface area contributed by atoms with E-state index in [1.807, 2.05) is 0 Å². The quantitative estimate of drug-likeness (QED) is 0.618. The first-order valence-corrected chi connectivity index (χ1v) is 7.96. The second-order valence-electron chi connectivity index (χ2n) is 5.57. The lowest BCUT2D eigenvalue weighted by Gasteiger charge is -2.38. The predicted octanol–water partition coefficient (Wildman–Crippen LogP) is 2.96. The van der Waals surface area contributed by atoms with Crippen LogP contribution < -0.4 is 0 Å². The summed E-state index contributed by atoms with van der Waals surface area (Å²) in [6.07, 6.45) is 9.61. The smallest absolute Gasteiger partial charge is 0.0235 e. The summed E-state index contributed by atoms with van der Waals surface area (Å²) in [6.45, 7) is 6.49. The Bertz CT molecular complexity index is 200. The third-order valence-corrected chi connectivity index (χ3v) is 4.56. The third kappa shape index (κ3) is 4.42.